The van der Waals surface area contributed by atoms with Gasteiger partial charge >= 0.3 is 0 Å². The number of aliphatic hydroxyl groups is 1. The van der Waals surface area contributed by atoms with Gasteiger partial charge in [-0.3, -0.25) is 4.79 Å². The van der Waals surface area contributed by atoms with Gasteiger partial charge in [0.25, 0.3) is 5.91 Å². The summed E-state index contributed by atoms with van der Waals surface area (Å²) >= 11 is 0. The maximum atomic E-state index is 14.5. The van der Waals surface area contributed by atoms with Crippen LogP contribution in [0.25, 0.3) is 0 Å². The van der Waals surface area contributed by atoms with Gasteiger partial charge in [-0.1, -0.05) is 42.5 Å². The van der Waals surface area contributed by atoms with E-state index in [1.807, 2.05) is 6.07 Å². The van der Waals surface area contributed by atoms with E-state index in [1.54, 1.807) is 23.1 Å². The molecule has 1 N–H and O–H groups in total. The molecule has 0 aliphatic carbocycles. The van der Waals surface area contributed by atoms with Crippen molar-refractivity contribution in [3.63, 3.8) is 0 Å². The lowest BCUT2D eigenvalue weighted by Crippen LogP contribution is -2.62. The molecule has 166 valence electrons. The molecule has 0 aromatic heterocycles. The molecule has 2 aromatic rings. The molecule has 1 amide bonds. The molecule has 1 spiro atoms. The number of carbonyl (C=O) groups is 1. The highest BCUT2D eigenvalue weighted by molar-refractivity contribution is 5.97. The summed E-state index contributed by atoms with van der Waals surface area (Å²) in [7, 11) is 0. The molecule has 2 aliphatic rings. The number of halogens is 1. The zero-order chi connectivity index (χ0) is 21.7. The molecule has 2 aromatic carbocycles. The van der Waals surface area contributed by atoms with Gasteiger partial charge in [-0.25, -0.2) is 4.39 Å². The number of para-hydroxylation sites is 1. The van der Waals surface area contributed by atoms with Gasteiger partial charge in [-0.2, -0.15) is 0 Å². The number of morpholine rings is 1. The Kier molecular flexibility index (Phi) is 7.00. The van der Waals surface area contributed by atoms with Crippen molar-refractivity contribution in [3.05, 3.63) is 66.0 Å². The summed E-state index contributed by atoms with van der Waals surface area (Å²) in [5, 5.41) is 9.25. The van der Waals surface area contributed by atoms with Gasteiger partial charge in [0.05, 0.1) is 17.8 Å². The fourth-order valence-corrected chi connectivity index (χ4v) is 4.65. The van der Waals surface area contributed by atoms with Gasteiger partial charge in [0, 0.05) is 26.2 Å². The van der Waals surface area contributed by atoms with E-state index in [-0.39, 0.29) is 12.5 Å². The quantitative estimate of drug-likeness (QED) is 0.737. The van der Waals surface area contributed by atoms with E-state index in [4.69, 9.17) is 4.74 Å². The molecule has 5 nitrogen and oxygen atoms in total. The molecule has 1 unspecified atom stereocenters. The largest absolute Gasteiger partial charge is 0.396 e. The third-order valence-electron chi connectivity index (χ3n) is 6.47. The lowest BCUT2D eigenvalue weighted by molar-refractivity contribution is -0.166. The molecule has 0 bridgehead atoms. The van der Waals surface area contributed by atoms with Crippen LogP contribution in [0.4, 0.5) is 10.1 Å². The van der Waals surface area contributed by atoms with Crippen LogP contribution in [0.3, 0.4) is 0 Å². The van der Waals surface area contributed by atoms with Crippen LogP contribution in [0.15, 0.2) is 54.6 Å². The summed E-state index contributed by atoms with van der Waals surface area (Å²) in [4.78, 5) is 17.1. The topological polar surface area (TPSA) is 53.0 Å². The summed E-state index contributed by atoms with van der Waals surface area (Å²) in [5.41, 5.74) is 1.17. The predicted octanol–water partition coefficient (Wildman–Crippen LogP) is 3.41. The van der Waals surface area contributed by atoms with E-state index in [0.29, 0.717) is 25.1 Å². The third kappa shape index (κ3) is 5.14. The minimum Gasteiger partial charge on any atom is -0.396 e. The number of amides is 1. The molecular formula is C25H31FN2O3. The van der Waals surface area contributed by atoms with Gasteiger partial charge < -0.3 is 19.6 Å². The summed E-state index contributed by atoms with van der Waals surface area (Å²) < 4.78 is 20.9. The van der Waals surface area contributed by atoms with Crippen molar-refractivity contribution < 1.29 is 19.0 Å². The number of anilines is 1. The average molecular weight is 427 g/mol. The maximum Gasteiger partial charge on any atom is 0.256 e. The minimum atomic E-state index is -0.642. The van der Waals surface area contributed by atoms with Crippen LogP contribution >= 0.6 is 0 Å². The maximum absolute atomic E-state index is 14.5. The summed E-state index contributed by atoms with van der Waals surface area (Å²) in [6.07, 6.45) is 2.90. The Morgan fingerprint density at radius 3 is 2.48 bits per heavy atom. The molecule has 6 heteroatoms. The van der Waals surface area contributed by atoms with Crippen LogP contribution in [0.5, 0.6) is 0 Å². The van der Waals surface area contributed by atoms with Crippen LogP contribution in [0.1, 0.15) is 31.2 Å². The van der Waals surface area contributed by atoms with Gasteiger partial charge in [0.15, 0.2) is 0 Å². The van der Waals surface area contributed by atoms with Crippen molar-refractivity contribution in [3.8, 4) is 0 Å². The Morgan fingerprint density at radius 1 is 1.06 bits per heavy atom. The second-order valence-corrected chi connectivity index (χ2v) is 8.61. The number of ether oxygens (including phenoxy) is 1. The number of nitrogens with zero attached hydrogens (tertiary/aromatic N) is 2. The SMILES string of the molecule is O=C1C(CCCO)OC2(CCN(CCc3ccccc3)CC2)CN1c1ccccc1F. The number of rotatable bonds is 7. The first kappa shape index (κ1) is 21.9. The van der Waals surface area contributed by atoms with E-state index in [9.17, 15) is 14.3 Å². The second-order valence-electron chi connectivity index (χ2n) is 8.61. The number of likely N-dealkylation sites (tertiary alicyclic amines) is 1. The van der Waals surface area contributed by atoms with Crippen LogP contribution in [0.2, 0.25) is 0 Å². The first-order valence-corrected chi connectivity index (χ1v) is 11.2. The normalized spacial score (nSPS) is 21.5. The van der Waals surface area contributed by atoms with Crippen LogP contribution < -0.4 is 4.90 Å². The molecule has 0 saturated carbocycles. The van der Waals surface area contributed by atoms with Crippen molar-refractivity contribution in [2.75, 3.05) is 37.7 Å². The number of hydrogen-bond donors (Lipinski definition) is 1. The van der Waals surface area contributed by atoms with Crippen molar-refractivity contribution in [1.29, 1.82) is 0 Å². The molecule has 1 atom stereocenters. The van der Waals surface area contributed by atoms with E-state index in [0.717, 1.165) is 38.9 Å². The van der Waals surface area contributed by atoms with Gasteiger partial charge in [0.2, 0.25) is 0 Å². The Hall–Kier alpha value is -2.28. The fourth-order valence-electron chi connectivity index (χ4n) is 4.65. The molecule has 31 heavy (non-hydrogen) atoms. The Bertz CT molecular complexity index is 868. The lowest BCUT2D eigenvalue weighted by atomic mass is 9.87. The molecule has 2 saturated heterocycles. The Morgan fingerprint density at radius 2 is 1.77 bits per heavy atom. The fraction of sp³-hybridized carbons (Fsp3) is 0.480. The Labute approximate surface area is 183 Å². The molecule has 2 aliphatic heterocycles. The van der Waals surface area contributed by atoms with E-state index in [2.05, 4.69) is 29.2 Å². The number of hydrogen-bond acceptors (Lipinski definition) is 4. The molecular weight excluding hydrogens is 395 g/mol. The van der Waals surface area contributed by atoms with Crippen molar-refractivity contribution >= 4 is 11.6 Å². The monoisotopic (exact) mass is 426 g/mol. The number of aliphatic hydroxyl groups excluding tert-OH is 1. The predicted molar refractivity (Wildman–Crippen MR) is 118 cm³/mol. The zero-order valence-electron chi connectivity index (χ0n) is 17.9. The Balaban J connectivity index is 1.45. The van der Waals surface area contributed by atoms with Crippen LogP contribution in [0, 0.1) is 5.82 Å². The standard InChI is InChI=1S/C25H31FN2O3/c26-21-9-4-5-10-22(21)28-19-25(31-23(24(28)30)11-6-18-29)13-16-27(17-14-25)15-12-20-7-2-1-3-8-20/h1-5,7-10,23,29H,6,11-19H2. The van der Waals surface area contributed by atoms with Crippen molar-refractivity contribution in [2.45, 2.75) is 43.8 Å². The van der Waals surface area contributed by atoms with Gasteiger partial charge in [-0.05, 0) is 49.8 Å². The second kappa shape index (κ2) is 9.90. The molecule has 2 fully saturated rings. The summed E-state index contributed by atoms with van der Waals surface area (Å²) in [6.45, 7) is 3.14. The van der Waals surface area contributed by atoms with E-state index in [1.165, 1.54) is 11.6 Å². The number of carbonyl (C=O) groups excluding carboxylic acids is 1. The third-order valence-corrected chi connectivity index (χ3v) is 6.47. The van der Waals surface area contributed by atoms with Crippen LogP contribution in [-0.2, 0) is 16.0 Å². The number of benzene rings is 2. The number of piperidine rings is 1. The summed E-state index contributed by atoms with van der Waals surface area (Å²) in [5.74, 6) is -0.607. The minimum absolute atomic E-state index is 0.00705. The highest BCUT2D eigenvalue weighted by Gasteiger charge is 2.47. The van der Waals surface area contributed by atoms with Crippen molar-refractivity contribution in [1.82, 2.24) is 4.90 Å². The van der Waals surface area contributed by atoms with E-state index >= 15 is 0 Å². The van der Waals surface area contributed by atoms with Crippen LogP contribution in [-0.4, -0.2) is 60.4 Å². The molecule has 0 radical (unpaired) electrons. The summed E-state index contributed by atoms with van der Waals surface area (Å²) in [6, 6.07) is 16.9. The van der Waals surface area contributed by atoms with E-state index < -0.39 is 17.5 Å². The average Bonchev–Trinajstić information content (AvgIpc) is 2.80. The first-order valence-electron chi connectivity index (χ1n) is 11.2. The van der Waals surface area contributed by atoms with Gasteiger partial charge in [0.1, 0.15) is 11.9 Å². The smallest absolute Gasteiger partial charge is 0.256 e. The van der Waals surface area contributed by atoms with Gasteiger partial charge in [-0.15, -0.1) is 0 Å². The highest BCUT2D eigenvalue weighted by atomic mass is 19.1. The lowest BCUT2D eigenvalue weighted by Gasteiger charge is -2.49. The zero-order valence-corrected chi connectivity index (χ0v) is 17.9. The molecule has 4 rings (SSSR count). The molecule has 2 heterocycles. The van der Waals surface area contributed by atoms with Crippen molar-refractivity contribution in [2.24, 2.45) is 0 Å². The highest BCUT2D eigenvalue weighted by Crippen LogP contribution is 2.36. The first-order chi connectivity index (χ1) is 15.1.